The Morgan fingerprint density at radius 1 is 1.07 bits per heavy atom. The fourth-order valence-electron chi connectivity index (χ4n) is 3.90. The number of carbonyl (C=O) groups is 3. The van der Waals surface area contributed by atoms with Gasteiger partial charge in [-0.1, -0.05) is 12.1 Å². The molecule has 3 amide bonds. The average Bonchev–Trinajstić information content (AvgIpc) is 3.39. The first kappa shape index (κ1) is 22.1. The molecule has 2 unspecified atom stereocenters. The van der Waals surface area contributed by atoms with E-state index in [1.54, 1.807) is 36.5 Å². The second kappa shape index (κ2) is 7.92. The first-order valence-corrected chi connectivity index (χ1v) is 10.1. The summed E-state index contributed by atoms with van der Waals surface area (Å²) in [6.45, 7) is 5.75. The van der Waals surface area contributed by atoms with Gasteiger partial charge in [-0.3, -0.25) is 14.4 Å². The van der Waals surface area contributed by atoms with Crippen molar-refractivity contribution in [2.75, 3.05) is 0 Å². The highest BCUT2D eigenvalue weighted by Crippen LogP contribution is 2.37. The highest BCUT2D eigenvalue weighted by Gasteiger charge is 2.55. The molecule has 0 spiro atoms. The van der Waals surface area contributed by atoms with Crippen molar-refractivity contribution < 1.29 is 27.6 Å². The monoisotopic (exact) mass is 425 g/mol. The first-order valence-electron chi connectivity index (χ1n) is 10.1. The zero-order chi connectivity index (χ0) is 22.3. The van der Waals surface area contributed by atoms with Gasteiger partial charge in [0.15, 0.2) is 0 Å². The van der Waals surface area contributed by atoms with Gasteiger partial charge in [-0.05, 0) is 64.2 Å². The lowest BCUT2D eigenvalue weighted by molar-refractivity contribution is -0.175. The van der Waals surface area contributed by atoms with Crippen molar-refractivity contribution in [1.29, 1.82) is 0 Å². The number of nitrogens with one attached hydrogen (secondary N) is 2. The van der Waals surface area contributed by atoms with Crippen molar-refractivity contribution >= 4 is 17.7 Å². The maximum absolute atomic E-state index is 12.8. The molecule has 3 rings (SSSR count). The Kier molecular flexibility index (Phi) is 5.84. The number of halogens is 3. The van der Waals surface area contributed by atoms with Gasteiger partial charge in [0.2, 0.25) is 5.91 Å². The number of alkyl halides is 3. The fraction of sp³-hybridized carbons (Fsp3) is 0.571. The molecular weight excluding hydrogens is 399 g/mol. The smallest absolute Gasteiger partial charge is 0.348 e. The summed E-state index contributed by atoms with van der Waals surface area (Å²) < 4.78 is 37.5. The molecule has 1 aromatic carbocycles. The molecule has 1 aromatic rings. The van der Waals surface area contributed by atoms with Crippen molar-refractivity contribution in [3.8, 4) is 0 Å². The van der Waals surface area contributed by atoms with E-state index in [0.717, 1.165) is 12.8 Å². The number of amides is 3. The molecule has 2 fully saturated rings. The molecule has 2 aliphatic rings. The first-order chi connectivity index (χ1) is 13.9. The fourth-order valence-corrected chi connectivity index (χ4v) is 3.90. The molecule has 0 aromatic heterocycles. The maximum Gasteiger partial charge on any atom is 0.471 e. The van der Waals surface area contributed by atoms with E-state index in [9.17, 15) is 27.6 Å². The normalized spacial score (nSPS) is 23.6. The maximum atomic E-state index is 12.8. The number of nitrogens with zero attached hydrogens (tertiary/aromatic N) is 1. The van der Waals surface area contributed by atoms with Gasteiger partial charge in [0.25, 0.3) is 5.91 Å². The van der Waals surface area contributed by atoms with Crippen molar-refractivity contribution in [2.24, 2.45) is 0 Å². The van der Waals surface area contributed by atoms with Gasteiger partial charge in [0.1, 0.15) is 5.54 Å². The van der Waals surface area contributed by atoms with E-state index in [1.807, 2.05) is 18.7 Å². The number of rotatable bonds is 5. The second-order valence-electron chi connectivity index (χ2n) is 8.34. The molecule has 30 heavy (non-hydrogen) atoms. The van der Waals surface area contributed by atoms with E-state index in [0.29, 0.717) is 11.1 Å². The van der Waals surface area contributed by atoms with Crippen LogP contribution in [0.4, 0.5) is 13.2 Å². The van der Waals surface area contributed by atoms with Crippen LogP contribution in [-0.2, 0) is 9.59 Å². The molecule has 1 aliphatic heterocycles. The number of likely N-dealkylation sites (tertiary alicyclic amines) is 1. The minimum atomic E-state index is -5.03. The molecule has 1 saturated heterocycles. The third-order valence-corrected chi connectivity index (χ3v) is 5.99. The number of hydrogen-bond donors (Lipinski definition) is 2. The highest BCUT2D eigenvalue weighted by atomic mass is 19.4. The largest absolute Gasteiger partial charge is 0.471 e. The molecule has 2 N–H and O–H groups in total. The lowest BCUT2D eigenvalue weighted by Crippen LogP contribution is -2.53. The summed E-state index contributed by atoms with van der Waals surface area (Å²) in [5.41, 5.74) is -0.243. The van der Waals surface area contributed by atoms with Crippen LogP contribution in [-0.4, -0.2) is 46.4 Å². The van der Waals surface area contributed by atoms with Crippen LogP contribution in [0.3, 0.4) is 0 Å². The van der Waals surface area contributed by atoms with Gasteiger partial charge in [0.05, 0.1) is 6.04 Å². The minimum absolute atomic E-state index is 0.0393. The Bertz CT molecular complexity index is 824. The lowest BCUT2D eigenvalue weighted by atomic mass is 10.0. The van der Waals surface area contributed by atoms with Crippen LogP contribution in [0.2, 0.25) is 0 Å². The topological polar surface area (TPSA) is 78.5 Å². The summed E-state index contributed by atoms with van der Waals surface area (Å²) in [5, 5.41) is 4.46. The van der Waals surface area contributed by atoms with Gasteiger partial charge in [-0.25, -0.2) is 0 Å². The lowest BCUT2D eigenvalue weighted by Gasteiger charge is -2.26. The number of hydrogen-bond acceptors (Lipinski definition) is 3. The molecule has 1 heterocycles. The van der Waals surface area contributed by atoms with Gasteiger partial charge in [-0.15, -0.1) is 0 Å². The Balaban J connectivity index is 1.62. The van der Waals surface area contributed by atoms with Crippen LogP contribution in [0.15, 0.2) is 24.3 Å². The predicted octanol–water partition coefficient (Wildman–Crippen LogP) is 3.09. The molecular formula is C21H26F3N3O3. The Hall–Kier alpha value is -2.58. The predicted molar refractivity (Wildman–Crippen MR) is 103 cm³/mol. The Morgan fingerprint density at radius 3 is 2.07 bits per heavy atom. The van der Waals surface area contributed by atoms with E-state index in [2.05, 4.69) is 5.32 Å². The van der Waals surface area contributed by atoms with Gasteiger partial charge in [-0.2, -0.15) is 13.2 Å². The molecule has 9 heteroatoms. The Morgan fingerprint density at radius 2 is 1.60 bits per heavy atom. The summed E-state index contributed by atoms with van der Waals surface area (Å²) in [5.74, 6) is -2.80. The van der Waals surface area contributed by atoms with E-state index in [4.69, 9.17) is 0 Å². The van der Waals surface area contributed by atoms with Crippen LogP contribution in [0.1, 0.15) is 68.4 Å². The van der Waals surface area contributed by atoms with Crippen molar-refractivity contribution in [3.05, 3.63) is 35.4 Å². The van der Waals surface area contributed by atoms with Gasteiger partial charge >= 0.3 is 12.1 Å². The molecule has 0 bridgehead atoms. The van der Waals surface area contributed by atoms with Crippen LogP contribution in [0.25, 0.3) is 0 Å². The molecule has 6 nitrogen and oxygen atoms in total. The summed E-state index contributed by atoms with van der Waals surface area (Å²) in [7, 11) is 0. The standard InChI is InChI=1S/C21H26F3N3O3/c1-12-4-5-13(2)27(12)17(28)16-8-6-15(7-9-16)14(3)25-18(29)20(10-11-20)26-19(30)21(22,23)24/h6-9,12-14H,4-5,10-11H2,1-3H3,(H,25,29)(H,26,30)/t12?,13?,14-/m1/s1. The second-order valence-corrected chi connectivity index (χ2v) is 8.34. The van der Waals surface area contributed by atoms with Crippen LogP contribution < -0.4 is 10.6 Å². The third kappa shape index (κ3) is 4.44. The zero-order valence-electron chi connectivity index (χ0n) is 17.2. The highest BCUT2D eigenvalue weighted by molar-refractivity contribution is 5.96. The number of benzene rings is 1. The summed E-state index contributed by atoms with van der Waals surface area (Å²) in [6.07, 6.45) is -2.77. The van der Waals surface area contributed by atoms with Crippen molar-refractivity contribution in [3.63, 3.8) is 0 Å². The molecule has 0 radical (unpaired) electrons. The Labute approximate surface area is 173 Å². The van der Waals surface area contributed by atoms with Gasteiger partial charge < -0.3 is 15.5 Å². The molecule has 164 valence electrons. The van der Waals surface area contributed by atoms with E-state index < -0.39 is 29.6 Å². The molecule has 1 aliphatic carbocycles. The van der Waals surface area contributed by atoms with Crippen LogP contribution in [0.5, 0.6) is 0 Å². The zero-order valence-corrected chi connectivity index (χ0v) is 17.2. The van der Waals surface area contributed by atoms with Crippen molar-refractivity contribution in [1.82, 2.24) is 15.5 Å². The molecule has 1 saturated carbocycles. The quantitative estimate of drug-likeness (QED) is 0.761. The molecule has 3 atom stereocenters. The van der Waals surface area contributed by atoms with Crippen molar-refractivity contribution in [2.45, 2.75) is 76.3 Å². The van der Waals surface area contributed by atoms with E-state index in [-0.39, 0.29) is 30.8 Å². The summed E-state index contributed by atoms with van der Waals surface area (Å²) in [4.78, 5) is 38.3. The minimum Gasteiger partial charge on any atom is -0.348 e. The van der Waals surface area contributed by atoms with E-state index >= 15 is 0 Å². The summed E-state index contributed by atoms with van der Waals surface area (Å²) in [6, 6.07) is 6.70. The van der Waals surface area contributed by atoms with E-state index in [1.165, 1.54) is 0 Å². The van der Waals surface area contributed by atoms with Gasteiger partial charge in [0, 0.05) is 17.6 Å². The average molecular weight is 425 g/mol. The SMILES string of the molecule is CC1CCC(C)N1C(=O)c1ccc([C@@H](C)NC(=O)C2(NC(=O)C(F)(F)F)CC2)cc1. The van der Waals surface area contributed by atoms with Crippen LogP contribution in [0, 0.1) is 0 Å². The number of carbonyl (C=O) groups excluding carboxylic acids is 3. The van der Waals surface area contributed by atoms with Crippen LogP contribution >= 0.6 is 0 Å². The third-order valence-electron chi connectivity index (χ3n) is 5.99. The summed E-state index contributed by atoms with van der Waals surface area (Å²) >= 11 is 0.